The molecule has 0 amide bonds. The molecule has 0 radical (unpaired) electrons. The number of nitrogens with one attached hydrogen (secondary N) is 1. The van der Waals surface area contributed by atoms with E-state index in [2.05, 4.69) is 22.8 Å². The van der Waals surface area contributed by atoms with Crippen LogP contribution in [0, 0.1) is 0 Å². The van der Waals surface area contributed by atoms with E-state index in [0.717, 1.165) is 16.7 Å². The molecule has 1 heterocycles. The standard InChI is InChI=1S/C8H8N2S/c11-5-7-3-1-2-6-4-9-10-8(6)7/h1-4,11H,5H2,(H,9,10). The molecule has 1 aromatic heterocycles. The van der Waals surface area contributed by atoms with Gasteiger partial charge in [-0.15, -0.1) is 0 Å². The van der Waals surface area contributed by atoms with Crippen LogP contribution in [0.15, 0.2) is 24.4 Å². The van der Waals surface area contributed by atoms with E-state index in [9.17, 15) is 0 Å². The molecule has 0 aliphatic carbocycles. The average Bonchev–Trinajstić information content (AvgIpc) is 2.50. The molecule has 2 nitrogen and oxygen atoms in total. The minimum absolute atomic E-state index is 0.750. The monoisotopic (exact) mass is 164 g/mol. The van der Waals surface area contributed by atoms with Gasteiger partial charge in [-0.25, -0.2) is 0 Å². The SMILES string of the molecule is SCc1cccc2cn[nH]c12. The van der Waals surface area contributed by atoms with Gasteiger partial charge >= 0.3 is 0 Å². The maximum atomic E-state index is 4.21. The molecule has 2 aromatic rings. The first-order valence-electron chi connectivity index (χ1n) is 3.43. The Morgan fingerprint density at radius 1 is 1.45 bits per heavy atom. The summed E-state index contributed by atoms with van der Waals surface area (Å²) in [6.45, 7) is 0. The van der Waals surface area contributed by atoms with Crippen molar-refractivity contribution in [1.29, 1.82) is 0 Å². The van der Waals surface area contributed by atoms with Gasteiger partial charge in [0.15, 0.2) is 0 Å². The lowest BCUT2D eigenvalue weighted by atomic mass is 10.2. The van der Waals surface area contributed by atoms with Crippen molar-refractivity contribution < 1.29 is 0 Å². The van der Waals surface area contributed by atoms with Crippen molar-refractivity contribution in [3.05, 3.63) is 30.0 Å². The van der Waals surface area contributed by atoms with Gasteiger partial charge in [0.05, 0.1) is 11.7 Å². The minimum Gasteiger partial charge on any atom is -0.278 e. The number of benzene rings is 1. The van der Waals surface area contributed by atoms with Crippen molar-refractivity contribution in [3.8, 4) is 0 Å². The molecule has 0 atom stereocenters. The molecule has 3 heteroatoms. The summed E-state index contributed by atoms with van der Waals surface area (Å²) in [7, 11) is 0. The number of aromatic nitrogens is 2. The predicted octanol–water partition coefficient (Wildman–Crippen LogP) is 1.99. The number of thiol groups is 1. The lowest BCUT2D eigenvalue weighted by molar-refractivity contribution is 1.11. The Morgan fingerprint density at radius 2 is 2.36 bits per heavy atom. The van der Waals surface area contributed by atoms with Gasteiger partial charge in [-0.05, 0) is 5.56 Å². The lowest BCUT2D eigenvalue weighted by Gasteiger charge is -1.95. The average molecular weight is 164 g/mol. The van der Waals surface area contributed by atoms with Gasteiger partial charge in [-0.2, -0.15) is 17.7 Å². The van der Waals surface area contributed by atoms with Gasteiger partial charge in [0.1, 0.15) is 0 Å². The number of nitrogens with zero attached hydrogens (tertiary/aromatic N) is 1. The summed E-state index contributed by atoms with van der Waals surface area (Å²) in [6, 6.07) is 6.10. The number of rotatable bonds is 1. The maximum absolute atomic E-state index is 4.21. The molecule has 0 aliphatic rings. The second-order valence-electron chi connectivity index (χ2n) is 2.41. The first-order chi connectivity index (χ1) is 5.42. The molecular weight excluding hydrogens is 156 g/mol. The zero-order chi connectivity index (χ0) is 7.68. The Labute approximate surface area is 70.0 Å². The van der Waals surface area contributed by atoms with E-state index >= 15 is 0 Å². The largest absolute Gasteiger partial charge is 0.278 e. The molecule has 11 heavy (non-hydrogen) atoms. The number of hydrogen-bond acceptors (Lipinski definition) is 2. The van der Waals surface area contributed by atoms with Crippen LogP contribution in [0.5, 0.6) is 0 Å². The molecule has 1 N–H and O–H groups in total. The van der Waals surface area contributed by atoms with E-state index in [4.69, 9.17) is 0 Å². The Morgan fingerprint density at radius 3 is 3.18 bits per heavy atom. The molecule has 0 saturated heterocycles. The van der Waals surface area contributed by atoms with Crippen molar-refractivity contribution in [1.82, 2.24) is 10.2 Å². The maximum Gasteiger partial charge on any atom is 0.0690 e. The second-order valence-corrected chi connectivity index (χ2v) is 2.73. The Kier molecular flexibility index (Phi) is 1.58. The molecule has 0 fully saturated rings. The van der Waals surface area contributed by atoms with Crippen LogP contribution in [0.1, 0.15) is 5.56 Å². The van der Waals surface area contributed by atoms with Gasteiger partial charge in [-0.3, -0.25) is 5.10 Å². The first-order valence-corrected chi connectivity index (χ1v) is 4.07. The first kappa shape index (κ1) is 6.73. The van der Waals surface area contributed by atoms with Crippen LogP contribution in [0.25, 0.3) is 10.9 Å². The van der Waals surface area contributed by atoms with Crippen molar-refractivity contribution in [2.45, 2.75) is 5.75 Å². The van der Waals surface area contributed by atoms with Crippen LogP contribution in [-0.4, -0.2) is 10.2 Å². The molecule has 0 saturated carbocycles. The quantitative estimate of drug-likeness (QED) is 0.620. The fourth-order valence-corrected chi connectivity index (χ4v) is 1.43. The number of fused-ring (bicyclic) bond motifs is 1. The summed E-state index contributed by atoms with van der Waals surface area (Å²) in [5, 5.41) is 8.04. The summed E-state index contributed by atoms with van der Waals surface area (Å²) in [6.07, 6.45) is 1.82. The summed E-state index contributed by atoms with van der Waals surface area (Å²) in [4.78, 5) is 0. The van der Waals surface area contributed by atoms with Gasteiger partial charge in [-0.1, -0.05) is 18.2 Å². The molecule has 0 aliphatic heterocycles. The van der Waals surface area contributed by atoms with Crippen LogP contribution in [0.3, 0.4) is 0 Å². The fraction of sp³-hybridized carbons (Fsp3) is 0.125. The van der Waals surface area contributed by atoms with E-state index in [1.807, 2.05) is 24.4 Å². The second kappa shape index (κ2) is 2.58. The van der Waals surface area contributed by atoms with E-state index in [-0.39, 0.29) is 0 Å². The summed E-state index contributed by atoms with van der Waals surface area (Å²) in [5.41, 5.74) is 2.30. The molecule has 56 valence electrons. The lowest BCUT2D eigenvalue weighted by Crippen LogP contribution is -1.79. The summed E-state index contributed by atoms with van der Waals surface area (Å²) in [5.74, 6) is 0.750. The van der Waals surface area contributed by atoms with Crippen molar-refractivity contribution in [2.24, 2.45) is 0 Å². The number of para-hydroxylation sites is 1. The zero-order valence-electron chi connectivity index (χ0n) is 5.91. The Hall–Kier alpha value is -0.960. The van der Waals surface area contributed by atoms with Crippen molar-refractivity contribution in [2.75, 3.05) is 0 Å². The molecule has 0 unspecified atom stereocenters. The van der Waals surface area contributed by atoms with Crippen LogP contribution in [-0.2, 0) is 5.75 Å². The van der Waals surface area contributed by atoms with Crippen LogP contribution < -0.4 is 0 Å². The van der Waals surface area contributed by atoms with E-state index < -0.39 is 0 Å². The van der Waals surface area contributed by atoms with Gasteiger partial charge in [0, 0.05) is 11.1 Å². The smallest absolute Gasteiger partial charge is 0.0690 e. The molecule has 1 aromatic carbocycles. The molecule has 2 rings (SSSR count). The Balaban J connectivity index is 2.79. The van der Waals surface area contributed by atoms with Crippen LogP contribution in [0.2, 0.25) is 0 Å². The third kappa shape index (κ3) is 1.01. The third-order valence-corrected chi connectivity index (χ3v) is 2.07. The minimum atomic E-state index is 0.750. The van der Waals surface area contributed by atoms with Crippen LogP contribution in [0.4, 0.5) is 0 Å². The number of H-pyrrole nitrogens is 1. The van der Waals surface area contributed by atoms with Gasteiger partial charge in [0.2, 0.25) is 0 Å². The van der Waals surface area contributed by atoms with Gasteiger partial charge < -0.3 is 0 Å². The normalized spacial score (nSPS) is 10.6. The highest BCUT2D eigenvalue weighted by atomic mass is 32.1. The van der Waals surface area contributed by atoms with Gasteiger partial charge in [0.25, 0.3) is 0 Å². The Bertz CT molecular complexity index is 367. The van der Waals surface area contributed by atoms with E-state index in [0.29, 0.717) is 0 Å². The number of hydrogen-bond donors (Lipinski definition) is 2. The third-order valence-electron chi connectivity index (χ3n) is 1.73. The van der Waals surface area contributed by atoms with Crippen molar-refractivity contribution in [3.63, 3.8) is 0 Å². The fourth-order valence-electron chi connectivity index (χ4n) is 1.16. The predicted molar refractivity (Wildman–Crippen MR) is 48.8 cm³/mol. The highest BCUT2D eigenvalue weighted by Crippen LogP contribution is 2.16. The summed E-state index contributed by atoms with van der Waals surface area (Å²) < 4.78 is 0. The molecule has 0 bridgehead atoms. The van der Waals surface area contributed by atoms with Crippen molar-refractivity contribution >= 4 is 23.5 Å². The number of aromatic amines is 1. The van der Waals surface area contributed by atoms with E-state index in [1.165, 1.54) is 5.56 Å². The molecule has 0 spiro atoms. The summed E-state index contributed by atoms with van der Waals surface area (Å²) >= 11 is 4.21. The topological polar surface area (TPSA) is 28.7 Å². The van der Waals surface area contributed by atoms with E-state index in [1.54, 1.807) is 0 Å². The molecular formula is C8H8N2S. The highest BCUT2D eigenvalue weighted by Gasteiger charge is 1.98. The highest BCUT2D eigenvalue weighted by molar-refractivity contribution is 7.79. The van der Waals surface area contributed by atoms with Crippen LogP contribution >= 0.6 is 12.6 Å². The zero-order valence-corrected chi connectivity index (χ0v) is 6.81.